The molecular weight excluding hydrogens is 458 g/mol. The van der Waals surface area contributed by atoms with Gasteiger partial charge in [0.05, 0.1) is 0 Å². The molecule has 0 radical (unpaired) electrons. The Morgan fingerprint density at radius 1 is 0.629 bits per heavy atom. The molecule has 0 spiro atoms. The third-order valence-electron chi connectivity index (χ3n) is 6.90. The summed E-state index contributed by atoms with van der Waals surface area (Å²) >= 11 is 0. The molecule has 2 aromatic rings. The van der Waals surface area contributed by atoms with Crippen molar-refractivity contribution in [2.75, 3.05) is 0 Å². The van der Waals surface area contributed by atoms with Crippen molar-refractivity contribution < 1.29 is 18.3 Å². The Morgan fingerprint density at radius 3 is 1.23 bits per heavy atom. The van der Waals surface area contributed by atoms with Crippen LogP contribution in [-0.4, -0.2) is 0 Å². The van der Waals surface area contributed by atoms with Gasteiger partial charge in [-0.3, -0.25) is 0 Å². The Balaban J connectivity index is 2.47. The lowest BCUT2D eigenvalue weighted by Gasteiger charge is -2.35. The van der Waals surface area contributed by atoms with Crippen molar-refractivity contribution in [3.63, 3.8) is 0 Å². The van der Waals surface area contributed by atoms with Crippen LogP contribution in [0.25, 0.3) is 0 Å². The Labute approximate surface area is 213 Å². The van der Waals surface area contributed by atoms with Crippen molar-refractivity contribution >= 4 is 8.60 Å². The monoisotopic (exact) mass is 502 g/mol. The van der Waals surface area contributed by atoms with Crippen molar-refractivity contribution in [3.8, 4) is 11.5 Å². The Kier molecular flexibility index (Phi) is 7.21. The molecule has 0 bridgehead atoms. The van der Waals surface area contributed by atoms with E-state index in [1.807, 2.05) is 0 Å². The van der Waals surface area contributed by atoms with Crippen LogP contribution >= 0.6 is 8.60 Å². The molecule has 3 nitrogen and oxygen atoms in total. The largest absolute Gasteiger partial charge is 0.497 e. The summed E-state index contributed by atoms with van der Waals surface area (Å²) in [5, 5.41) is 0. The SMILES string of the molecule is CC1c2cc(C(C)(C)C)cc(C(C)(C)C)c2OP(OF)Oc2c1cc(C(C)(C)C)cc2C(C)(C)C. The maximum absolute atomic E-state index is 13.9. The lowest BCUT2D eigenvalue weighted by molar-refractivity contribution is -0.0162. The minimum Gasteiger partial charge on any atom is -0.415 e. The molecule has 5 heteroatoms. The topological polar surface area (TPSA) is 27.7 Å². The van der Waals surface area contributed by atoms with Crippen molar-refractivity contribution in [1.82, 2.24) is 0 Å². The molecule has 0 aliphatic carbocycles. The first kappa shape index (κ1) is 27.9. The minimum atomic E-state index is -2.27. The van der Waals surface area contributed by atoms with E-state index in [4.69, 9.17) is 9.05 Å². The number of benzene rings is 2. The zero-order valence-corrected chi connectivity index (χ0v) is 24.8. The van der Waals surface area contributed by atoms with Crippen LogP contribution in [-0.2, 0) is 26.4 Å². The summed E-state index contributed by atoms with van der Waals surface area (Å²) in [4.78, 5) is 0. The highest BCUT2D eigenvalue weighted by Gasteiger charge is 2.37. The van der Waals surface area contributed by atoms with Crippen LogP contribution in [0, 0.1) is 0 Å². The van der Waals surface area contributed by atoms with E-state index in [1.165, 1.54) is 11.1 Å². The van der Waals surface area contributed by atoms with Gasteiger partial charge in [0.15, 0.2) is 0 Å². The molecule has 0 atom stereocenters. The quantitative estimate of drug-likeness (QED) is 0.363. The second-order valence-electron chi connectivity index (χ2n) is 14.1. The van der Waals surface area contributed by atoms with Gasteiger partial charge in [-0.2, -0.15) is 0 Å². The normalized spacial score (nSPS) is 19.1. The smallest absolute Gasteiger partial charge is 0.415 e. The summed E-state index contributed by atoms with van der Waals surface area (Å²) in [6.45, 7) is 28.5. The molecule has 0 fully saturated rings. The Morgan fingerprint density at radius 2 is 0.971 bits per heavy atom. The van der Waals surface area contributed by atoms with Crippen LogP contribution in [0.2, 0.25) is 0 Å². The van der Waals surface area contributed by atoms with Gasteiger partial charge in [-0.05, 0) is 37.3 Å². The van der Waals surface area contributed by atoms with Gasteiger partial charge in [0.25, 0.3) is 0 Å². The fourth-order valence-electron chi connectivity index (χ4n) is 4.49. The average Bonchev–Trinajstić information content (AvgIpc) is 2.68. The number of halogens is 1. The van der Waals surface area contributed by atoms with Gasteiger partial charge in [-0.25, -0.2) is 0 Å². The minimum absolute atomic E-state index is 0.0245. The average molecular weight is 503 g/mol. The predicted octanol–water partition coefficient (Wildman–Crippen LogP) is 9.93. The fourth-order valence-corrected chi connectivity index (χ4v) is 5.29. The molecule has 1 aliphatic rings. The molecule has 194 valence electrons. The maximum atomic E-state index is 13.9. The first-order valence-electron chi connectivity index (χ1n) is 12.6. The summed E-state index contributed by atoms with van der Waals surface area (Å²) in [6.07, 6.45) is 0. The van der Waals surface area contributed by atoms with Crippen LogP contribution in [0.15, 0.2) is 24.3 Å². The number of hydrogen-bond acceptors (Lipinski definition) is 3. The molecule has 0 saturated heterocycles. The lowest BCUT2D eigenvalue weighted by atomic mass is 9.74. The van der Waals surface area contributed by atoms with E-state index in [0.717, 1.165) is 22.3 Å². The molecule has 2 aromatic carbocycles. The zero-order chi connectivity index (χ0) is 26.7. The van der Waals surface area contributed by atoms with E-state index in [9.17, 15) is 4.53 Å². The summed E-state index contributed by atoms with van der Waals surface area (Å²) in [7, 11) is -2.27. The zero-order valence-electron chi connectivity index (χ0n) is 23.9. The highest BCUT2D eigenvalue weighted by atomic mass is 31.2. The third kappa shape index (κ3) is 5.70. The molecule has 0 amide bonds. The molecule has 0 unspecified atom stereocenters. The van der Waals surface area contributed by atoms with E-state index in [2.05, 4.69) is 119 Å². The highest BCUT2D eigenvalue weighted by Crippen LogP contribution is 2.56. The van der Waals surface area contributed by atoms with E-state index in [0.29, 0.717) is 11.5 Å². The molecule has 35 heavy (non-hydrogen) atoms. The van der Waals surface area contributed by atoms with Crippen molar-refractivity contribution in [2.24, 2.45) is 0 Å². The summed E-state index contributed by atoms with van der Waals surface area (Å²) in [5.41, 5.74) is 6.08. The second-order valence-corrected chi connectivity index (χ2v) is 15.0. The van der Waals surface area contributed by atoms with Gasteiger partial charge in [-0.1, -0.05) is 119 Å². The van der Waals surface area contributed by atoms with Gasteiger partial charge in [0, 0.05) is 28.2 Å². The van der Waals surface area contributed by atoms with Crippen LogP contribution in [0.3, 0.4) is 0 Å². The van der Waals surface area contributed by atoms with Gasteiger partial charge in [0.2, 0.25) is 0 Å². The fraction of sp³-hybridized carbons (Fsp3) is 0.600. The first-order valence-corrected chi connectivity index (χ1v) is 13.7. The van der Waals surface area contributed by atoms with Gasteiger partial charge < -0.3 is 9.05 Å². The van der Waals surface area contributed by atoms with E-state index in [1.54, 1.807) is 0 Å². The molecule has 0 aromatic heterocycles. The Hall–Kier alpha value is -1.64. The molecule has 1 heterocycles. The second kappa shape index (κ2) is 9.03. The summed E-state index contributed by atoms with van der Waals surface area (Å²) in [5.74, 6) is 1.32. The highest BCUT2D eigenvalue weighted by molar-refractivity contribution is 7.42. The van der Waals surface area contributed by atoms with Crippen LogP contribution in [0.4, 0.5) is 4.53 Å². The molecule has 3 rings (SSSR count). The summed E-state index contributed by atoms with van der Waals surface area (Å²) in [6, 6.07) is 8.87. The van der Waals surface area contributed by atoms with Crippen molar-refractivity contribution in [1.29, 1.82) is 0 Å². The summed E-state index contributed by atoms with van der Waals surface area (Å²) < 4.78 is 30.8. The predicted molar refractivity (Wildman–Crippen MR) is 146 cm³/mol. The molecule has 0 N–H and O–H groups in total. The maximum Gasteiger partial charge on any atom is 0.497 e. The number of rotatable bonds is 1. The van der Waals surface area contributed by atoms with E-state index < -0.39 is 8.60 Å². The van der Waals surface area contributed by atoms with Crippen LogP contribution in [0.5, 0.6) is 11.5 Å². The Bertz CT molecular complexity index is 1010. The van der Waals surface area contributed by atoms with Crippen molar-refractivity contribution in [2.45, 2.75) is 118 Å². The molecule has 0 saturated carbocycles. The first-order chi connectivity index (χ1) is 15.7. The van der Waals surface area contributed by atoms with Crippen molar-refractivity contribution in [3.05, 3.63) is 57.6 Å². The van der Waals surface area contributed by atoms with Gasteiger partial charge >= 0.3 is 8.60 Å². The number of hydrogen-bond donors (Lipinski definition) is 0. The third-order valence-corrected chi connectivity index (χ3v) is 7.68. The van der Waals surface area contributed by atoms with E-state index >= 15 is 0 Å². The van der Waals surface area contributed by atoms with Crippen LogP contribution in [0.1, 0.15) is 129 Å². The lowest BCUT2D eigenvalue weighted by Crippen LogP contribution is -2.23. The standard InChI is InChI=1S/C30H44FO3P/c1-18-21-14-19(27(2,3)4)16-23(29(8,9)10)25(21)32-35(34-31)33-26-22(18)15-20(28(5,6)7)17-24(26)30(11,12)13/h14-18H,1-13H3. The van der Waals surface area contributed by atoms with Crippen LogP contribution < -0.4 is 9.05 Å². The molecular formula is C30H44FO3P. The van der Waals surface area contributed by atoms with E-state index in [-0.39, 0.29) is 27.6 Å². The molecule has 1 aliphatic heterocycles. The van der Waals surface area contributed by atoms with Gasteiger partial charge in [0.1, 0.15) is 11.5 Å². The number of fused-ring (bicyclic) bond motifs is 2. The van der Waals surface area contributed by atoms with Gasteiger partial charge in [-0.15, -0.1) is 0 Å².